The van der Waals surface area contributed by atoms with Gasteiger partial charge in [-0.25, -0.2) is 0 Å². The molecule has 1 N–H and O–H groups in total. The summed E-state index contributed by atoms with van der Waals surface area (Å²) in [7, 11) is 0. The molecule has 2 aromatic carbocycles. The fraction of sp³-hybridized carbons (Fsp3) is 0.158. The van der Waals surface area contributed by atoms with Crippen molar-refractivity contribution in [3.05, 3.63) is 70.2 Å². The number of halogens is 1. The number of fused-ring (bicyclic) bond motifs is 3. The van der Waals surface area contributed by atoms with E-state index < -0.39 is 5.54 Å². The molecule has 0 bridgehead atoms. The molecule has 0 saturated heterocycles. The lowest BCUT2D eigenvalue weighted by molar-refractivity contribution is -0.115. The summed E-state index contributed by atoms with van der Waals surface area (Å²) in [4.78, 5) is 14.7. The summed E-state index contributed by atoms with van der Waals surface area (Å²) >= 11 is 3.42. The lowest BCUT2D eigenvalue weighted by Crippen LogP contribution is -2.51. The molecule has 0 fully saturated rings. The van der Waals surface area contributed by atoms with E-state index in [4.69, 9.17) is 0 Å². The van der Waals surface area contributed by atoms with E-state index in [9.17, 15) is 10.1 Å². The highest BCUT2D eigenvalue weighted by Crippen LogP contribution is 2.49. The van der Waals surface area contributed by atoms with E-state index >= 15 is 0 Å². The molecule has 2 aliphatic rings. The van der Waals surface area contributed by atoms with Gasteiger partial charge in [0.25, 0.3) is 5.91 Å². The van der Waals surface area contributed by atoms with Crippen LogP contribution in [0.2, 0.25) is 0 Å². The molecule has 2 aromatic rings. The summed E-state index contributed by atoms with van der Waals surface area (Å²) in [5, 5.41) is 12.9. The van der Waals surface area contributed by atoms with E-state index in [1.807, 2.05) is 55.5 Å². The second kappa shape index (κ2) is 5.22. The van der Waals surface area contributed by atoms with Gasteiger partial charge in [0.1, 0.15) is 11.6 Å². The van der Waals surface area contributed by atoms with Gasteiger partial charge < -0.3 is 5.32 Å². The third kappa shape index (κ3) is 2.07. The van der Waals surface area contributed by atoms with Gasteiger partial charge in [-0.1, -0.05) is 34.1 Å². The molecule has 5 heteroatoms. The third-order valence-corrected chi connectivity index (χ3v) is 5.13. The van der Waals surface area contributed by atoms with Crippen LogP contribution < -0.4 is 10.2 Å². The first-order valence-corrected chi connectivity index (χ1v) is 8.42. The van der Waals surface area contributed by atoms with Crippen molar-refractivity contribution in [2.45, 2.75) is 18.5 Å². The molecule has 0 saturated carbocycles. The molecular weight excluding hydrogens is 366 g/mol. The van der Waals surface area contributed by atoms with Crippen molar-refractivity contribution in [3.8, 4) is 6.07 Å². The summed E-state index contributed by atoms with van der Waals surface area (Å²) in [6.45, 7) is 2.02. The van der Waals surface area contributed by atoms with E-state index in [-0.39, 0.29) is 17.5 Å². The molecule has 0 aliphatic carbocycles. The van der Waals surface area contributed by atoms with Crippen molar-refractivity contribution in [2.75, 3.05) is 10.2 Å². The number of hydrogen-bond donors (Lipinski definition) is 1. The zero-order chi connectivity index (χ0) is 16.9. The first kappa shape index (κ1) is 15.0. The van der Waals surface area contributed by atoms with Gasteiger partial charge in [-0.2, -0.15) is 5.26 Å². The van der Waals surface area contributed by atoms with Gasteiger partial charge in [0.2, 0.25) is 0 Å². The number of benzene rings is 2. The van der Waals surface area contributed by atoms with Crippen LogP contribution in [-0.2, 0) is 4.79 Å². The second-order valence-electron chi connectivity index (χ2n) is 6.22. The van der Waals surface area contributed by atoms with Crippen LogP contribution in [0.4, 0.5) is 11.4 Å². The van der Waals surface area contributed by atoms with Crippen LogP contribution in [0.5, 0.6) is 0 Å². The Morgan fingerprint density at radius 3 is 2.62 bits per heavy atom. The lowest BCUT2D eigenvalue weighted by Gasteiger charge is -2.41. The number of para-hydroxylation sites is 1. The highest BCUT2D eigenvalue weighted by molar-refractivity contribution is 9.10. The minimum Gasteiger partial charge on any atom is -0.374 e. The largest absolute Gasteiger partial charge is 0.374 e. The fourth-order valence-electron chi connectivity index (χ4n) is 3.61. The Labute approximate surface area is 148 Å². The van der Waals surface area contributed by atoms with Gasteiger partial charge in [0.15, 0.2) is 0 Å². The summed E-state index contributed by atoms with van der Waals surface area (Å²) in [5.41, 5.74) is 2.48. The first-order valence-electron chi connectivity index (χ1n) is 7.63. The fourth-order valence-corrected chi connectivity index (χ4v) is 3.87. The maximum Gasteiger partial charge on any atom is 0.269 e. The molecule has 24 heavy (non-hydrogen) atoms. The molecule has 2 unspecified atom stereocenters. The van der Waals surface area contributed by atoms with Gasteiger partial charge in [-0.3, -0.25) is 9.69 Å². The normalized spacial score (nSPS) is 24.5. The zero-order valence-corrected chi connectivity index (χ0v) is 14.5. The van der Waals surface area contributed by atoms with Crippen LogP contribution in [-0.4, -0.2) is 11.4 Å². The Hall–Kier alpha value is -2.58. The summed E-state index contributed by atoms with van der Waals surface area (Å²) in [6.07, 6.45) is 1.76. The van der Waals surface area contributed by atoms with Crippen molar-refractivity contribution in [2.24, 2.45) is 0 Å². The topological polar surface area (TPSA) is 56.1 Å². The minimum atomic E-state index is -0.518. The van der Waals surface area contributed by atoms with Gasteiger partial charge in [0, 0.05) is 21.4 Å². The van der Waals surface area contributed by atoms with Crippen molar-refractivity contribution in [3.63, 3.8) is 0 Å². The summed E-state index contributed by atoms with van der Waals surface area (Å²) < 4.78 is 0.944. The number of nitrogens with one attached hydrogen (secondary N) is 1. The maximum atomic E-state index is 12.9. The predicted molar refractivity (Wildman–Crippen MR) is 96.5 cm³/mol. The molecule has 0 radical (unpaired) electrons. The van der Waals surface area contributed by atoms with Crippen LogP contribution in [0.1, 0.15) is 18.5 Å². The number of carbonyl (C=O) groups excluding carboxylic acids is 1. The highest BCUT2D eigenvalue weighted by Gasteiger charge is 2.50. The molecule has 0 aromatic heterocycles. The number of carbonyl (C=O) groups is 1. The van der Waals surface area contributed by atoms with Gasteiger partial charge in [-0.05, 0) is 43.3 Å². The molecular formula is C19H14BrN3O. The smallest absolute Gasteiger partial charge is 0.269 e. The molecule has 2 atom stereocenters. The predicted octanol–water partition coefficient (Wildman–Crippen LogP) is 4.17. The van der Waals surface area contributed by atoms with Crippen molar-refractivity contribution in [1.82, 2.24) is 0 Å². The number of rotatable bonds is 1. The molecule has 4 rings (SSSR count). The molecule has 2 aliphatic heterocycles. The monoisotopic (exact) mass is 379 g/mol. The zero-order valence-electron chi connectivity index (χ0n) is 13.0. The Morgan fingerprint density at radius 2 is 1.92 bits per heavy atom. The van der Waals surface area contributed by atoms with Crippen LogP contribution in [0.15, 0.2) is 64.7 Å². The van der Waals surface area contributed by atoms with Gasteiger partial charge in [0.05, 0.1) is 11.6 Å². The first-order chi connectivity index (χ1) is 11.5. The molecule has 0 spiro atoms. The number of hydrogen-bond acceptors (Lipinski definition) is 3. The van der Waals surface area contributed by atoms with Crippen LogP contribution >= 0.6 is 15.9 Å². The number of amides is 1. The summed E-state index contributed by atoms with van der Waals surface area (Å²) in [6, 6.07) is 17.4. The third-order valence-electron chi connectivity index (χ3n) is 4.60. The van der Waals surface area contributed by atoms with E-state index in [0.717, 1.165) is 21.4 Å². The van der Waals surface area contributed by atoms with E-state index in [1.54, 1.807) is 11.0 Å². The lowest BCUT2D eigenvalue weighted by atomic mass is 9.83. The quantitative estimate of drug-likeness (QED) is 0.808. The molecule has 4 nitrogen and oxygen atoms in total. The van der Waals surface area contributed by atoms with Crippen LogP contribution in [0.3, 0.4) is 0 Å². The van der Waals surface area contributed by atoms with Crippen LogP contribution in [0, 0.1) is 11.3 Å². The number of nitriles is 1. The molecule has 2 heterocycles. The SMILES string of the molecule is CC12C=C(C#N)C(=O)N(c3ccc(Br)cc3)C1c1ccccc1N2. The molecule has 1 amide bonds. The Morgan fingerprint density at radius 1 is 1.21 bits per heavy atom. The van der Waals surface area contributed by atoms with E-state index in [0.29, 0.717) is 0 Å². The summed E-state index contributed by atoms with van der Waals surface area (Å²) in [5.74, 6) is -0.263. The van der Waals surface area contributed by atoms with Crippen molar-refractivity contribution in [1.29, 1.82) is 5.26 Å². The van der Waals surface area contributed by atoms with E-state index in [1.165, 1.54) is 0 Å². The number of anilines is 2. The Balaban J connectivity index is 1.94. The molecule has 118 valence electrons. The second-order valence-corrected chi connectivity index (χ2v) is 7.13. The van der Waals surface area contributed by atoms with Crippen LogP contribution in [0.25, 0.3) is 0 Å². The number of nitrogens with zero attached hydrogens (tertiary/aromatic N) is 2. The maximum absolute atomic E-state index is 12.9. The Bertz CT molecular complexity index is 913. The van der Waals surface area contributed by atoms with Gasteiger partial charge in [-0.15, -0.1) is 0 Å². The average Bonchev–Trinajstić information content (AvgIpc) is 2.88. The highest BCUT2D eigenvalue weighted by atomic mass is 79.9. The van der Waals surface area contributed by atoms with Crippen molar-refractivity contribution >= 4 is 33.2 Å². The minimum absolute atomic E-state index is 0.164. The standard InChI is InChI=1S/C19H14BrN3O/c1-19-10-12(11-21)18(24)23(14-8-6-13(20)7-9-14)17(19)15-4-2-3-5-16(15)22-19/h2-10,17,22H,1H3. The van der Waals surface area contributed by atoms with Crippen molar-refractivity contribution < 1.29 is 4.79 Å². The average molecular weight is 380 g/mol. The van der Waals surface area contributed by atoms with E-state index in [2.05, 4.69) is 27.3 Å². The Kier molecular flexibility index (Phi) is 3.26. The van der Waals surface area contributed by atoms with Gasteiger partial charge >= 0.3 is 0 Å².